The number of allylic oxidation sites excluding steroid dienone is 8. The Morgan fingerprint density at radius 3 is 1.24 bits per heavy atom. The van der Waals surface area contributed by atoms with E-state index in [9.17, 15) is 14.4 Å². The van der Waals surface area contributed by atoms with Gasteiger partial charge in [-0.3, -0.25) is 14.4 Å². The lowest BCUT2D eigenvalue weighted by Gasteiger charge is -2.18. The van der Waals surface area contributed by atoms with Crippen LogP contribution < -0.4 is 0 Å². The van der Waals surface area contributed by atoms with E-state index in [2.05, 4.69) is 69.4 Å². The molecule has 0 saturated carbocycles. The maximum atomic E-state index is 12.6. The highest BCUT2D eigenvalue weighted by Gasteiger charge is 2.19. The molecule has 0 saturated heterocycles. The van der Waals surface area contributed by atoms with E-state index in [-0.39, 0.29) is 31.1 Å². The van der Waals surface area contributed by atoms with Crippen molar-refractivity contribution in [1.29, 1.82) is 0 Å². The number of hydrogen-bond acceptors (Lipinski definition) is 6. The van der Waals surface area contributed by atoms with Crippen LogP contribution in [0.2, 0.25) is 0 Å². The second-order valence-electron chi connectivity index (χ2n) is 13.5. The molecule has 0 amide bonds. The minimum Gasteiger partial charge on any atom is -0.462 e. The van der Waals surface area contributed by atoms with Crippen LogP contribution in [0.25, 0.3) is 0 Å². The van der Waals surface area contributed by atoms with Crippen molar-refractivity contribution in [2.24, 2.45) is 0 Å². The minimum absolute atomic E-state index is 0.0901. The Morgan fingerprint density at radius 2 is 0.780 bits per heavy atom. The van der Waals surface area contributed by atoms with Gasteiger partial charge in [-0.1, -0.05) is 153 Å². The van der Waals surface area contributed by atoms with Gasteiger partial charge < -0.3 is 14.2 Å². The number of unbranched alkanes of at least 4 members (excludes halogenated alkanes) is 17. The molecule has 0 aromatic carbocycles. The van der Waals surface area contributed by atoms with E-state index in [0.717, 1.165) is 103 Å². The first kappa shape index (κ1) is 47.4. The molecule has 0 heterocycles. The van der Waals surface area contributed by atoms with E-state index in [0.29, 0.717) is 19.3 Å². The minimum atomic E-state index is -0.785. The highest BCUT2D eigenvalue weighted by Crippen LogP contribution is 2.13. The van der Waals surface area contributed by atoms with Gasteiger partial charge in [-0.25, -0.2) is 0 Å². The van der Waals surface area contributed by atoms with Gasteiger partial charge in [-0.05, 0) is 70.6 Å². The summed E-state index contributed by atoms with van der Waals surface area (Å²) in [5.41, 5.74) is 0. The first-order chi connectivity index (χ1) is 24.5. The maximum Gasteiger partial charge on any atom is 0.306 e. The Bertz CT molecular complexity index is 902. The second kappa shape index (κ2) is 39.2. The first-order valence-corrected chi connectivity index (χ1v) is 20.6. The van der Waals surface area contributed by atoms with Gasteiger partial charge in [0.25, 0.3) is 0 Å². The summed E-state index contributed by atoms with van der Waals surface area (Å²) in [6, 6.07) is 0. The zero-order valence-corrected chi connectivity index (χ0v) is 32.7. The van der Waals surface area contributed by atoms with Gasteiger partial charge in [0.05, 0.1) is 0 Å². The molecule has 0 aliphatic carbocycles. The molecule has 0 N–H and O–H groups in total. The monoisotopic (exact) mass is 701 g/mol. The molecule has 1 unspecified atom stereocenters. The SMILES string of the molecule is CC/C=C\C/C=C\CCCCCCCC(=O)OCC(COC(=O)CCCC/C=C\C/C=C\CC)OC(=O)CCCCCCCCCCCCC. The Hall–Kier alpha value is -2.63. The summed E-state index contributed by atoms with van der Waals surface area (Å²) >= 11 is 0. The van der Waals surface area contributed by atoms with E-state index < -0.39 is 6.10 Å². The number of carbonyl (C=O) groups excluding carboxylic acids is 3. The van der Waals surface area contributed by atoms with Crippen molar-refractivity contribution in [3.05, 3.63) is 48.6 Å². The van der Waals surface area contributed by atoms with Gasteiger partial charge >= 0.3 is 17.9 Å². The molecular weight excluding hydrogens is 624 g/mol. The van der Waals surface area contributed by atoms with Crippen LogP contribution in [0.3, 0.4) is 0 Å². The van der Waals surface area contributed by atoms with Crippen molar-refractivity contribution in [1.82, 2.24) is 0 Å². The Labute approximate surface area is 307 Å². The first-order valence-electron chi connectivity index (χ1n) is 20.6. The number of rotatable bonds is 36. The van der Waals surface area contributed by atoms with Crippen LogP contribution in [-0.2, 0) is 28.6 Å². The van der Waals surface area contributed by atoms with Crippen LogP contribution in [-0.4, -0.2) is 37.2 Å². The molecule has 0 rings (SSSR count). The van der Waals surface area contributed by atoms with Crippen molar-refractivity contribution >= 4 is 17.9 Å². The molecule has 6 heteroatoms. The molecule has 0 bridgehead atoms. The Morgan fingerprint density at radius 1 is 0.420 bits per heavy atom. The molecule has 6 nitrogen and oxygen atoms in total. The number of carbonyl (C=O) groups is 3. The second-order valence-corrected chi connectivity index (χ2v) is 13.5. The van der Waals surface area contributed by atoms with Crippen molar-refractivity contribution in [2.45, 2.75) is 200 Å². The summed E-state index contributed by atoms with van der Waals surface area (Å²) in [7, 11) is 0. The smallest absolute Gasteiger partial charge is 0.306 e. The van der Waals surface area contributed by atoms with Gasteiger partial charge in [-0.15, -0.1) is 0 Å². The normalized spacial score (nSPS) is 12.5. The van der Waals surface area contributed by atoms with Crippen LogP contribution in [0.1, 0.15) is 194 Å². The van der Waals surface area contributed by atoms with Crippen LogP contribution in [0.15, 0.2) is 48.6 Å². The van der Waals surface area contributed by atoms with Gasteiger partial charge in [0.15, 0.2) is 6.10 Å². The molecule has 0 fully saturated rings. The van der Waals surface area contributed by atoms with Gasteiger partial charge in [0.2, 0.25) is 0 Å². The lowest BCUT2D eigenvalue weighted by atomic mass is 10.1. The molecule has 0 aromatic rings. The largest absolute Gasteiger partial charge is 0.462 e. The van der Waals surface area contributed by atoms with Gasteiger partial charge in [0.1, 0.15) is 13.2 Å². The zero-order chi connectivity index (χ0) is 36.6. The number of hydrogen-bond donors (Lipinski definition) is 0. The van der Waals surface area contributed by atoms with Gasteiger partial charge in [0, 0.05) is 19.3 Å². The summed E-state index contributed by atoms with van der Waals surface area (Å²) in [6.45, 7) is 6.33. The average Bonchev–Trinajstić information content (AvgIpc) is 3.11. The van der Waals surface area contributed by atoms with Crippen molar-refractivity contribution in [2.75, 3.05) is 13.2 Å². The standard InChI is InChI=1S/C44H76O6/c1-4-7-10-13-16-19-21-23-25-28-31-34-37-43(46)49-40-41(39-48-42(45)36-33-30-27-24-18-15-12-9-6-3)50-44(47)38-35-32-29-26-22-20-17-14-11-8-5-2/h7,9-10,12,16,18-19,24,41H,4-6,8,11,13-15,17,20-23,25-40H2,1-3H3/b10-7-,12-9-,19-16-,24-18-. The van der Waals surface area contributed by atoms with E-state index >= 15 is 0 Å². The van der Waals surface area contributed by atoms with E-state index in [1.165, 1.54) is 51.4 Å². The van der Waals surface area contributed by atoms with Crippen LogP contribution >= 0.6 is 0 Å². The third kappa shape index (κ3) is 36.6. The third-order valence-corrected chi connectivity index (χ3v) is 8.58. The molecule has 0 aliphatic heterocycles. The summed E-state index contributed by atoms with van der Waals surface area (Å²) in [5, 5.41) is 0. The predicted molar refractivity (Wildman–Crippen MR) is 210 cm³/mol. The van der Waals surface area contributed by atoms with E-state index in [1.54, 1.807) is 0 Å². The van der Waals surface area contributed by atoms with Crippen LogP contribution in [0.5, 0.6) is 0 Å². The topological polar surface area (TPSA) is 78.9 Å². The molecule has 1 atom stereocenters. The molecular formula is C44H76O6. The number of ether oxygens (including phenoxy) is 3. The third-order valence-electron chi connectivity index (χ3n) is 8.58. The fraction of sp³-hybridized carbons (Fsp3) is 0.750. The number of esters is 3. The Kier molecular flexibility index (Phi) is 37.1. The van der Waals surface area contributed by atoms with Crippen molar-refractivity contribution in [3.63, 3.8) is 0 Å². The lowest BCUT2D eigenvalue weighted by molar-refractivity contribution is -0.167. The highest BCUT2D eigenvalue weighted by atomic mass is 16.6. The molecule has 0 spiro atoms. The fourth-order valence-electron chi connectivity index (χ4n) is 5.52. The average molecular weight is 701 g/mol. The molecule has 0 aliphatic rings. The molecule has 50 heavy (non-hydrogen) atoms. The summed E-state index contributed by atoms with van der Waals surface area (Å²) < 4.78 is 16.6. The molecule has 288 valence electrons. The van der Waals surface area contributed by atoms with E-state index in [4.69, 9.17) is 14.2 Å². The van der Waals surface area contributed by atoms with Crippen LogP contribution in [0, 0.1) is 0 Å². The Balaban J connectivity index is 4.42. The molecule has 0 aromatic heterocycles. The maximum absolute atomic E-state index is 12.6. The van der Waals surface area contributed by atoms with Gasteiger partial charge in [-0.2, -0.15) is 0 Å². The zero-order valence-electron chi connectivity index (χ0n) is 32.7. The fourth-order valence-corrected chi connectivity index (χ4v) is 5.52. The lowest BCUT2D eigenvalue weighted by Crippen LogP contribution is -2.30. The van der Waals surface area contributed by atoms with Crippen molar-refractivity contribution in [3.8, 4) is 0 Å². The predicted octanol–water partition coefficient (Wildman–Crippen LogP) is 12.8. The summed E-state index contributed by atoms with van der Waals surface area (Å²) in [4.78, 5) is 37.5. The van der Waals surface area contributed by atoms with Crippen LogP contribution in [0.4, 0.5) is 0 Å². The summed E-state index contributed by atoms with van der Waals surface area (Å²) in [5.74, 6) is -0.948. The van der Waals surface area contributed by atoms with Crippen molar-refractivity contribution < 1.29 is 28.6 Å². The summed E-state index contributed by atoms with van der Waals surface area (Å²) in [6.07, 6.45) is 43.9. The highest BCUT2D eigenvalue weighted by molar-refractivity contribution is 5.71. The van der Waals surface area contributed by atoms with E-state index in [1.807, 2.05) is 0 Å². The molecule has 0 radical (unpaired) electrons. The quantitative estimate of drug-likeness (QED) is 0.0280.